The maximum Gasteiger partial charge on any atom is 0.416 e. The van der Waals surface area contributed by atoms with Crippen molar-refractivity contribution in [3.63, 3.8) is 0 Å². The summed E-state index contributed by atoms with van der Waals surface area (Å²) in [6, 6.07) is 4.62. The fourth-order valence-electron chi connectivity index (χ4n) is 4.79. The molecule has 3 atom stereocenters. The lowest BCUT2D eigenvalue weighted by Crippen LogP contribution is -2.47. The largest absolute Gasteiger partial charge is 0.416 e. The SMILES string of the molecule is CS(=O)(=O)OCC[C@H]1C[C@@](c2cc(F)ccc2F)(S(=O)(=O)c2ccc(C(F)(F)F)cc2)CC[C@@H]1OS(C)(=O)=O.S.S.S. The molecule has 0 radical (unpaired) electrons. The zero-order valence-electron chi connectivity index (χ0n) is 22.1. The van der Waals surface area contributed by atoms with Crippen molar-refractivity contribution in [3.05, 3.63) is 65.2 Å². The molecular weight excluding hydrogens is 692 g/mol. The normalized spacial score (nSPS) is 21.4. The summed E-state index contributed by atoms with van der Waals surface area (Å²) < 4.78 is 151. The predicted molar refractivity (Wildman–Crippen MR) is 160 cm³/mol. The van der Waals surface area contributed by atoms with E-state index in [1.807, 2.05) is 0 Å². The summed E-state index contributed by atoms with van der Waals surface area (Å²) in [4.78, 5) is -0.604. The molecule has 19 heteroatoms. The van der Waals surface area contributed by atoms with Crippen molar-refractivity contribution in [1.29, 1.82) is 0 Å². The molecule has 1 aliphatic carbocycles. The third kappa shape index (κ3) is 9.70. The molecule has 1 saturated carbocycles. The topological polar surface area (TPSA) is 121 Å². The summed E-state index contributed by atoms with van der Waals surface area (Å²) in [5, 5.41) is 0. The average molecular weight is 723 g/mol. The van der Waals surface area contributed by atoms with E-state index >= 15 is 4.39 Å². The standard InChI is InChI=1S/C23H25F5O8S3.3H2S/c1-37(29,30)35-12-10-15-14-22(11-9-21(15)36-38(2,31)32,19-13-17(24)5-8-20(19)25)39(33,34)18-6-3-16(4-7-18)23(26,27)28;;;/h3-8,13,15,21H,9-12,14H2,1-2H3;3*1H2/t15-,21-,22-;;;/m0.../s1. The number of alkyl halides is 3. The molecule has 0 aromatic heterocycles. The summed E-state index contributed by atoms with van der Waals surface area (Å²) in [5.41, 5.74) is -1.73. The first-order valence-corrected chi connectivity index (χ1v) is 16.5. The first-order chi connectivity index (χ1) is 17.8. The third-order valence-electron chi connectivity index (χ3n) is 6.46. The second kappa shape index (κ2) is 14.8. The molecule has 0 saturated heterocycles. The molecule has 0 spiro atoms. The molecule has 0 amide bonds. The van der Waals surface area contributed by atoms with Crippen LogP contribution in [-0.2, 0) is 49.4 Å². The van der Waals surface area contributed by atoms with Crippen molar-refractivity contribution in [2.75, 3.05) is 19.1 Å². The minimum absolute atomic E-state index is 0. The second-order valence-electron chi connectivity index (χ2n) is 9.30. The van der Waals surface area contributed by atoms with Gasteiger partial charge in [-0.05, 0) is 74.1 Å². The van der Waals surface area contributed by atoms with Gasteiger partial charge in [-0.15, -0.1) is 0 Å². The van der Waals surface area contributed by atoms with Crippen molar-refractivity contribution in [1.82, 2.24) is 0 Å². The van der Waals surface area contributed by atoms with Crippen molar-refractivity contribution in [2.24, 2.45) is 5.92 Å². The van der Waals surface area contributed by atoms with E-state index in [9.17, 15) is 42.8 Å². The number of hydrogen-bond acceptors (Lipinski definition) is 8. The summed E-state index contributed by atoms with van der Waals surface area (Å²) in [5.74, 6) is -3.16. The maximum atomic E-state index is 15.2. The third-order valence-corrected chi connectivity index (χ3v) is 10.2. The molecule has 0 bridgehead atoms. The van der Waals surface area contributed by atoms with E-state index in [0.29, 0.717) is 36.4 Å². The molecule has 1 fully saturated rings. The highest BCUT2D eigenvalue weighted by Gasteiger charge is 2.53. The number of sulfone groups is 1. The van der Waals surface area contributed by atoms with Gasteiger partial charge in [0.1, 0.15) is 16.4 Å². The predicted octanol–water partition coefficient (Wildman–Crippen LogP) is 4.50. The summed E-state index contributed by atoms with van der Waals surface area (Å²) in [6.45, 7) is -0.505. The molecule has 1 aliphatic rings. The lowest BCUT2D eigenvalue weighted by Gasteiger charge is -2.44. The number of halogens is 5. The van der Waals surface area contributed by atoms with E-state index in [1.165, 1.54) is 0 Å². The smallest absolute Gasteiger partial charge is 0.270 e. The molecule has 0 N–H and O–H groups in total. The fourth-order valence-corrected chi connectivity index (χ4v) is 8.10. The lowest BCUT2D eigenvalue weighted by atomic mass is 9.74. The number of hydrogen-bond donors (Lipinski definition) is 0. The van der Waals surface area contributed by atoms with E-state index in [-0.39, 0.29) is 53.3 Å². The van der Waals surface area contributed by atoms with E-state index in [1.54, 1.807) is 0 Å². The number of rotatable bonds is 9. The molecular formula is C23H31F5O8S6. The van der Waals surface area contributed by atoms with Crippen LogP contribution in [0.5, 0.6) is 0 Å². The second-order valence-corrected chi connectivity index (χ2v) is 14.8. The minimum Gasteiger partial charge on any atom is -0.270 e. The molecule has 2 aromatic carbocycles. The Morgan fingerprint density at radius 1 is 0.881 bits per heavy atom. The molecule has 0 unspecified atom stereocenters. The Hall–Kier alpha value is -1.09. The van der Waals surface area contributed by atoms with Gasteiger partial charge in [0.2, 0.25) is 0 Å². The van der Waals surface area contributed by atoms with E-state index < -0.39 is 100 Å². The zero-order chi connectivity index (χ0) is 29.4. The van der Waals surface area contributed by atoms with Crippen LogP contribution in [0.1, 0.15) is 36.8 Å². The van der Waals surface area contributed by atoms with Gasteiger partial charge in [0.25, 0.3) is 20.2 Å². The molecule has 242 valence electrons. The van der Waals surface area contributed by atoms with Gasteiger partial charge in [0.05, 0.1) is 35.7 Å². The van der Waals surface area contributed by atoms with Gasteiger partial charge in [-0.1, -0.05) is 0 Å². The van der Waals surface area contributed by atoms with Crippen molar-refractivity contribution in [3.8, 4) is 0 Å². The Kier molecular flexibility index (Phi) is 14.4. The monoisotopic (exact) mass is 722 g/mol. The molecule has 8 nitrogen and oxygen atoms in total. The van der Waals surface area contributed by atoms with Crippen LogP contribution >= 0.6 is 40.5 Å². The Morgan fingerprint density at radius 2 is 1.45 bits per heavy atom. The van der Waals surface area contributed by atoms with Crippen LogP contribution in [0.15, 0.2) is 47.4 Å². The number of benzene rings is 2. The van der Waals surface area contributed by atoms with Gasteiger partial charge in [0.15, 0.2) is 9.84 Å². The Labute approximate surface area is 262 Å². The van der Waals surface area contributed by atoms with Gasteiger partial charge >= 0.3 is 6.18 Å². The molecule has 2 aromatic rings. The van der Waals surface area contributed by atoms with Gasteiger partial charge in [0, 0.05) is 5.56 Å². The quantitative estimate of drug-likeness (QED) is 0.274. The van der Waals surface area contributed by atoms with Gasteiger partial charge in [-0.3, -0.25) is 8.37 Å². The summed E-state index contributed by atoms with van der Waals surface area (Å²) >= 11 is 0. The van der Waals surface area contributed by atoms with Crippen LogP contribution in [0.3, 0.4) is 0 Å². The van der Waals surface area contributed by atoms with Gasteiger partial charge in [-0.2, -0.15) is 70.5 Å². The highest BCUT2D eigenvalue weighted by atomic mass is 32.2. The average Bonchev–Trinajstić information content (AvgIpc) is 2.79. The van der Waals surface area contributed by atoms with Crippen LogP contribution < -0.4 is 0 Å². The zero-order valence-corrected chi connectivity index (χ0v) is 27.6. The maximum absolute atomic E-state index is 15.2. The minimum atomic E-state index is -4.77. The highest BCUT2D eigenvalue weighted by molar-refractivity contribution is 7.92. The molecule has 0 aliphatic heterocycles. The van der Waals surface area contributed by atoms with E-state index in [2.05, 4.69) is 0 Å². The highest BCUT2D eigenvalue weighted by Crippen LogP contribution is 2.51. The fraction of sp³-hybridized carbons (Fsp3) is 0.478. The molecule has 3 rings (SSSR count). The first-order valence-electron chi connectivity index (χ1n) is 11.4. The van der Waals surface area contributed by atoms with Crippen LogP contribution in [-0.4, -0.2) is 50.5 Å². The van der Waals surface area contributed by atoms with E-state index in [0.717, 1.165) is 18.6 Å². The Morgan fingerprint density at radius 3 is 1.95 bits per heavy atom. The first kappa shape index (κ1) is 40.9. The molecule has 42 heavy (non-hydrogen) atoms. The van der Waals surface area contributed by atoms with Gasteiger partial charge in [-0.25, -0.2) is 17.2 Å². The van der Waals surface area contributed by atoms with Crippen molar-refractivity contribution in [2.45, 2.75) is 47.6 Å². The lowest BCUT2D eigenvalue weighted by molar-refractivity contribution is -0.137. The van der Waals surface area contributed by atoms with Crippen LogP contribution in [0.2, 0.25) is 0 Å². The Balaban J connectivity index is 0.00000560. The van der Waals surface area contributed by atoms with Crippen LogP contribution in [0, 0.1) is 17.6 Å². The van der Waals surface area contributed by atoms with Crippen molar-refractivity contribution < 1.29 is 55.6 Å². The van der Waals surface area contributed by atoms with Crippen molar-refractivity contribution >= 4 is 70.6 Å². The summed E-state index contributed by atoms with van der Waals surface area (Å²) in [6.07, 6.45) is -6.05. The van der Waals surface area contributed by atoms with Crippen LogP contribution in [0.4, 0.5) is 22.0 Å². The molecule has 0 heterocycles. The summed E-state index contributed by atoms with van der Waals surface area (Å²) in [7, 11) is -12.8. The Bertz CT molecular complexity index is 1530. The van der Waals surface area contributed by atoms with Gasteiger partial charge < -0.3 is 0 Å². The van der Waals surface area contributed by atoms with E-state index in [4.69, 9.17) is 8.37 Å². The van der Waals surface area contributed by atoms with Crippen LogP contribution in [0.25, 0.3) is 0 Å².